The molecule has 1 heterocycles. The largest absolute Gasteiger partial charge is 0.298 e. The average molecular weight is 374 g/mol. The van der Waals surface area contributed by atoms with Crippen molar-refractivity contribution >= 4 is 29.1 Å². The number of hydrogen-bond acceptors (Lipinski definition) is 4. The van der Waals surface area contributed by atoms with E-state index in [-0.39, 0.29) is 18.4 Å². The summed E-state index contributed by atoms with van der Waals surface area (Å²) in [5.41, 5.74) is 6.88. The summed E-state index contributed by atoms with van der Waals surface area (Å²) in [5.74, 6) is -0.310. The highest BCUT2D eigenvalue weighted by atomic mass is 35.5. The SMILES string of the molecule is CC1(C)CON(Cc2ccc(NNC(=O)c3ccccc3)cc2Cl)C1=O. The quantitative estimate of drug-likeness (QED) is 0.788. The minimum Gasteiger partial charge on any atom is -0.298 e. The molecule has 7 heteroatoms. The summed E-state index contributed by atoms with van der Waals surface area (Å²) in [5, 5.41) is 1.82. The molecule has 1 fully saturated rings. The first kappa shape index (κ1) is 18.2. The Morgan fingerprint density at radius 2 is 1.96 bits per heavy atom. The van der Waals surface area contributed by atoms with Gasteiger partial charge in [-0.05, 0) is 43.7 Å². The Morgan fingerprint density at radius 1 is 1.23 bits per heavy atom. The summed E-state index contributed by atoms with van der Waals surface area (Å²) < 4.78 is 0. The van der Waals surface area contributed by atoms with Crippen molar-refractivity contribution in [2.45, 2.75) is 20.4 Å². The van der Waals surface area contributed by atoms with Gasteiger partial charge in [0.05, 0.1) is 24.3 Å². The van der Waals surface area contributed by atoms with Crippen LogP contribution in [0.5, 0.6) is 0 Å². The van der Waals surface area contributed by atoms with Gasteiger partial charge >= 0.3 is 0 Å². The van der Waals surface area contributed by atoms with E-state index in [9.17, 15) is 9.59 Å². The fourth-order valence-electron chi connectivity index (χ4n) is 2.51. The van der Waals surface area contributed by atoms with Gasteiger partial charge in [-0.1, -0.05) is 35.9 Å². The molecule has 1 aliphatic heterocycles. The molecule has 0 saturated carbocycles. The third-order valence-corrected chi connectivity index (χ3v) is 4.46. The summed E-state index contributed by atoms with van der Waals surface area (Å²) in [6.45, 7) is 4.32. The van der Waals surface area contributed by atoms with Gasteiger partial charge in [0, 0.05) is 10.6 Å². The predicted octanol–water partition coefficient (Wildman–Crippen LogP) is 3.40. The molecular weight excluding hydrogens is 354 g/mol. The maximum Gasteiger partial charge on any atom is 0.269 e. The second-order valence-corrected chi connectivity index (χ2v) is 7.16. The van der Waals surface area contributed by atoms with Crippen molar-refractivity contribution in [2.24, 2.45) is 5.41 Å². The molecule has 1 aliphatic rings. The minimum atomic E-state index is -0.518. The molecule has 0 bridgehead atoms. The van der Waals surface area contributed by atoms with Crippen LogP contribution in [0, 0.1) is 5.41 Å². The fourth-order valence-corrected chi connectivity index (χ4v) is 2.75. The van der Waals surface area contributed by atoms with Crippen LogP contribution in [0.15, 0.2) is 48.5 Å². The van der Waals surface area contributed by atoms with E-state index in [2.05, 4.69) is 10.9 Å². The summed E-state index contributed by atoms with van der Waals surface area (Å²) >= 11 is 6.31. The van der Waals surface area contributed by atoms with E-state index in [0.29, 0.717) is 22.9 Å². The molecule has 1 saturated heterocycles. The lowest BCUT2D eigenvalue weighted by Gasteiger charge is -2.17. The molecule has 2 aromatic carbocycles. The number of hydrazine groups is 1. The van der Waals surface area contributed by atoms with Crippen LogP contribution in [0.1, 0.15) is 29.8 Å². The topological polar surface area (TPSA) is 70.7 Å². The molecule has 0 atom stereocenters. The zero-order valence-electron chi connectivity index (χ0n) is 14.6. The molecule has 6 nitrogen and oxygen atoms in total. The zero-order valence-corrected chi connectivity index (χ0v) is 15.3. The Bertz CT molecular complexity index is 824. The van der Waals surface area contributed by atoms with Gasteiger partial charge in [-0.2, -0.15) is 0 Å². The van der Waals surface area contributed by atoms with Crippen LogP contribution in [0.4, 0.5) is 5.69 Å². The van der Waals surface area contributed by atoms with Crippen LogP contribution in [-0.2, 0) is 16.2 Å². The molecule has 0 radical (unpaired) electrons. The number of hydroxylamine groups is 2. The number of rotatable bonds is 5. The number of halogens is 1. The molecule has 0 aromatic heterocycles. The first-order chi connectivity index (χ1) is 12.4. The Hall–Kier alpha value is -2.57. The highest BCUT2D eigenvalue weighted by Crippen LogP contribution is 2.30. The highest BCUT2D eigenvalue weighted by molar-refractivity contribution is 6.31. The molecule has 2 N–H and O–H groups in total. The van der Waals surface area contributed by atoms with Crippen LogP contribution in [-0.4, -0.2) is 23.5 Å². The molecule has 2 amide bonds. The van der Waals surface area contributed by atoms with E-state index < -0.39 is 5.41 Å². The summed E-state index contributed by atoms with van der Waals surface area (Å²) in [6, 6.07) is 14.1. The maximum atomic E-state index is 12.2. The number of benzene rings is 2. The van der Waals surface area contributed by atoms with Crippen LogP contribution < -0.4 is 10.9 Å². The second kappa shape index (κ2) is 7.35. The molecule has 2 aromatic rings. The van der Waals surface area contributed by atoms with E-state index in [0.717, 1.165) is 5.56 Å². The summed E-state index contributed by atoms with van der Waals surface area (Å²) in [4.78, 5) is 29.7. The Morgan fingerprint density at radius 3 is 2.58 bits per heavy atom. The lowest BCUT2D eigenvalue weighted by Crippen LogP contribution is -2.30. The third kappa shape index (κ3) is 3.98. The number of nitrogens with zero attached hydrogens (tertiary/aromatic N) is 1. The van der Waals surface area contributed by atoms with E-state index in [1.807, 2.05) is 19.9 Å². The van der Waals surface area contributed by atoms with E-state index in [1.54, 1.807) is 42.5 Å². The Balaban J connectivity index is 1.61. The van der Waals surface area contributed by atoms with Gasteiger partial charge in [0.25, 0.3) is 11.8 Å². The maximum absolute atomic E-state index is 12.2. The van der Waals surface area contributed by atoms with Crippen LogP contribution in [0.25, 0.3) is 0 Å². The summed E-state index contributed by atoms with van der Waals surface area (Å²) in [6.07, 6.45) is 0. The standard InChI is InChI=1S/C19H20ClN3O3/c1-19(2)12-26-23(18(19)25)11-14-8-9-15(10-16(14)20)21-22-17(24)13-6-4-3-5-7-13/h3-10,21H,11-12H2,1-2H3,(H,22,24). The third-order valence-electron chi connectivity index (χ3n) is 4.11. The van der Waals surface area contributed by atoms with Gasteiger partial charge < -0.3 is 0 Å². The Kier molecular flexibility index (Phi) is 5.15. The number of amides is 2. The van der Waals surface area contributed by atoms with Crippen molar-refractivity contribution in [3.05, 3.63) is 64.7 Å². The summed E-state index contributed by atoms with van der Waals surface area (Å²) in [7, 11) is 0. The van der Waals surface area contributed by atoms with Crippen molar-refractivity contribution in [3.63, 3.8) is 0 Å². The zero-order chi connectivity index (χ0) is 18.7. The molecule has 3 rings (SSSR count). The number of anilines is 1. The predicted molar refractivity (Wildman–Crippen MR) is 99.3 cm³/mol. The Labute approximate surface area is 157 Å². The van der Waals surface area contributed by atoms with Gasteiger partial charge in [0.15, 0.2) is 0 Å². The molecule has 26 heavy (non-hydrogen) atoms. The lowest BCUT2D eigenvalue weighted by atomic mass is 9.95. The monoisotopic (exact) mass is 373 g/mol. The highest BCUT2D eigenvalue weighted by Gasteiger charge is 2.40. The normalized spacial score (nSPS) is 15.8. The molecule has 0 aliphatic carbocycles. The van der Waals surface area contributed by atoms with E-state index in [1.165, 1.54) is 5.06 Å². The van der Waals surface area contributed by atoms with Gasteiger partial charge in [0.2, 0.25) is 0 Å². The molecule has 0 unspecified atom stereocenters. The second-order valence-electron chi connectivity index (χ2n) is 6.75. The van der Waals surface area contributed by atoms with E-state index >= 15 is 0 Å². The molecule has 0 spiro atoms. The first-order valence-corrected chi connectivity index (χ1v) is 8.59. The van der Waals surface area contributed by atoms with Crippen molar-refractivity contribution in [3.8, 4) is 0 Å². The van der Waals surface area contributed by atoms with Crippen molar-refractivity contribution in [1.82, 2.24) is 10.5 Å². The fraction of sp³-hybridized carbons (Fsp3) is 0.263. The number of nitrogens with one attached hydrogen (secondary N) is 2. The van der Waals surface area contributed by atoms with Crippen LogP contribution in [0.2, 0.25) is 5.02 Å². The molecular formula is C19H20ClN3O3. The lowest BCUT2D eigenvalue weighted by molar-refractivity contribution is -0.165. The average Bonchev–Trinajstić information content (AvgIpc) is 2.89. The van der Waals surface area contributed by atoms with Crippen LogP contribution >= 0.6 is 11.6 Å². The number of carbonyl (C=O) groups is 2. The van der Waals surface area contributed by atoms with Gasteiger partial charge in [0.1, 0.15) is 0 Å². The van der Waals surface area contributed by atoms with Crippen molar-refractivity contribution in [1.29, 1.82) is 0 Å². The van der Waals surface area contributed by atoms with Crippen LogP contribution in [0.3, 0.4) is 0 Å². The van der Waals surface area contributed by atoms with Gasteiger partial charge in [-0.25, -0.2) is 5.06 Å². The van der Waals surface area contributed by atoms with Crippen molar-refractivity contribution in [2.75, 3.05) is 12.0 Å². The minimum absolute atomic E-state index is 0.0640. The first-order valence-electron chi connectivity index (χ1n) is 8.21. The van der Waals surface area contributed by atoms with Gasteiger partial charge in [-0.15, -0.1) is 0 Å². The van der Waals surface area contributed by atoms with Crippen molar-refractivity contribution < 1.29 is 14.4 Å². The molecule has 136 valence electrons. The van der Waals surface area contributed by atoms with E-state index in [4.69, 9.17) is 16.4 Å². The number of hydrogen-bond donors (Lipinski definition) is 2. The number of carbonyl (C=O) groups excluding carboxylic acids is 2. The van der Waals surface area contributed by atoms with Gasteiger partial charge in [-0.3, -0.25) is 25.3 Å². The smallest absolute Gasteiger partial charge is 0.269 e.